The van der Waals surface area contributed by atoms with Gasteiger partial charge in [0.05, 0.1) is 11.9 Å². The molecule has 1 aromatic heterocycles. The van der Waals surface area contributed by atoms with Gasteiger partial charge in [0, 0.05) is 32.0 Å². The number of carboxylic acids is 2. The van der Waals surface area contributed by atoms with E-state index in [4.69, 9.17) is 0 Å². The summed E-state index contributed by atoms with van der Waals surface area (Å²) in [6.07, 6.45) is 3.09. The van der Waals surface area contributed by atoms with E-state index < -0.39 is 25.0 Å². The Hall–Kier alpha value is 0.0500. The summed E-state index contributed by atoms with van der Waals surface area (Å²) in [6, 6.07) is 3.36. The molecule has 0 radical (unpaired) electrons. The van der Waals surface area contributed by atoms with Gasteiger partial charge < -0.3 is 19.8 Å². The molecule has 0 saturated carbocycles. The van der Waals surface area contributed by atoms with Gasteiger partial charge in [0.1, 0.15) is 0 Å². The van der Waals surface area contributed by atoms with Gasteiger partial charge in [0.2, 0.25) is 0 Å². The van der Waals surface area contributed by atoms with Crippen molar-refractivity contribution in [3.63, 3.8) is 0 Å². The van der Waals surface area contributed by atoms with Crippen molar-refractivity contribution in [2.45, 2.75) is 6.54 Å². The number of carbonyl (C=O) groups excluding carboxylic acids is 2. The minimum absolute atomic E-state index is 0. The van der Waals surface area contributed by atoms with Gasteiger partial charge in [-0.05, 0) is 17.7 Å². The van der Waals surface area contributed by atoms with E-state index in [2.05, 4.69) is 4.98 Å². The van der Waals surface area contributed by atoms with E-state index in [-0.39, 0.29) is 65.7 Å². The summed E-state index contributed by atoms with van der Waals surface area (Å²) in [5.41, 5.74) is 0.775. The molecule has 0 saturated heterocycles. The first-order valence-electron chi connectivity index (χ1n) is 4.59. The Bertz CT molecular complexity index is 359. The fraction of sp³-hybridized carbons (Fsp3) is 0.300. The fourth-order valence-corrected chi connectivity index (χ4v) is 1.28. The van der Waals surface area contributed by atoms with Gasteiger partial charge in [-0.2, -0.15) is 0 Å². The Morgan fingerprint density at radius 1 is 1.06 bits per heavy atom. The molecule has 86 valence electrons. The zero-order valence-corrected chi connectivity index (χ0v) is 14.5. The van der Waals surface area contributed by atoms with Crippen molar-refractivity contribution < 1.29 is 78.9 Å². The van der Waals surface area contributed by atoms with Crippen molar-refractivity contribution >= 4 is 11.9 Å². The van der Waals surface area contributed by atoms with Crippen LogP contribution in [0.5, 0.6) is 0 Å². The quantitative estimate of drug-likeness (QED) is 0.475. The normalized spacial score (nSPS) is 9.17. The molecule has 1 heterocycles. The Kier molecular flexibility index (Phi) is 12.4. The fourth-order valence-electron chi connectivity index (χ4n) is 1.28. The minimum atomic E-state index is -1.32. The maximum Gasteiger partial charge on any atom is 1.00 e. The number of carboxylic acid groups (broad SMARTS) is 2. The number of aromatic nitrogens is 1. The van der Waals surface area contributed by atoms with E-state index in [9.17, 15) is 19.8 Å². The smallest absolute Gasteiger partial charge is 0.549 e. The number of nitrogens with zero attached hydrogens (tertiary/aromatic N) is 2. The molecule has 1 rings (SSSR count). The van der Waals surface area contributed by atoms with Crippen LogP contribution >= 0.6 is 0 Å². The molecule has 8 heteroatoms. The van der Waals surface area contributed by atoms with Crippen molar-refractivity contribution in [1.82, 2.24) is 9.88 Å². The third kappa shape index (κ3) is 9.04. The first-order valence-corrected chi connectivity index (χ1v) is 4.59. The SMILES string of the molecule is O=C([O-])CN(CC(=O)[O-])Cc1ccncc1.[Na+].[Na+]. The molecule has 0 aliphatic rings. The van der Waals surface area contributed by atoms with Crippen LogP contribution in [0.1, 0.15) is 5.56 Å². The molecule has 0 spiro atoms. The molecule has 6 nitrogen and oxygen atoms in total. The molecule has 0 fully saturated rings. The Morgan fingerprint density at radius 3 is 1.89 bits per heavy atom. The van der Waals surface area contributed by atoms with Gasteiger partial charge in [0.25, 0.3) is 0 Å². The van der Waals surface area contributed by atoms with E-state index in [0.29, 0.717) is 0 Å². The second-order valence-electron chi connectivity index (χ2n) is 3.24. The number of rotatable bonds is 6. The van der Waals surface area contributed by atoms with E-state index in [0.717, 1.165) is 5.56 Å². The summed E-state index contributed by atoms with van der Waals surface area (Å²) in [5.74, 6) is -2.65. The van der Waals surface area contributed by atoms with Crippen LogP contribution in [0, 0.1) is 0 Å². The molecule has 0 N–H and O–H groups in total. The summed E-state index contributed by atoms with van der Waals surface area (Å²) in [4.78, 5) is 25.8. The average molecular weight is 268 g/mol. The monoisotopic (exact) mass is 268 g/mol. The van der Waals surface area contributed by atoms with Gasteiger partial charge in [-0.25, -0.2) is 0 Å². The summed E-state index contributed by atoms with van der Waals surface area (Å²) in [5, 5.41) is 20.8. The van der Waals surface area contributed by atoms with Gasteiger partial charge in [0.15, 0.2) is 0 Å². The summed E-state index contributed by atoms with van der Waals surface area (Å²) >= 11 is 0. The van der Waals surface area contributed by atoms with Crippen LogP contribution in [0.25, 0.3) is 0 Å². The number of carbonyl (C=O) groups is 2. The van der Waals surface area contributed by atoms with Crippen molar-refractivity contribution in [3.8, 4) is 0 Å². The van der Waals surface area contributed by atoms with Gasteiger partial charge >= 0.3 is 59.1 Å². The third-order valence-corrected chi connectivity index (χ3v) is 1.86. The van der Waals surface area contributed by atoms with Gasteiger partial charge in [-0.3, -0.25) is 9.88 Å². The van der Waals surface area contributed by atoms with Crippen molar-refractivity contribution in [1.29, 1.82) is 0 Å². The number of aliphatic carboxylic acids is 2. The Morgan fingerprint density at radius 2 is 1.50 bits per heavy atom. The molecule has 0 amide bonds. The Labute approximate surface area is 149 Å². The van der Waals surface area contributed by atoms with Crippen LogP contribution in [0.4, 0.5) is 0 Å². The number of hydrogen-bond donors (Lipinski definition) is 0. The molecule has 0 aliphatic heterocycles. The van der Waals surface area contributed by atoms with E-state index in [1.54, 1.807) is 24.5 Å². The van der Waals surface area contributed by atoms with Crippen LogP contribution in [-0.2, 0) is 16.1 Å². The predicted molar refractivity (Wildman–Crippen MR) is 49.5 cm³/mol. The molecule has 18 heavy (non-hydrogen) atoms. The topological polar surface area (TPSA) is 96.4 Å². The molecule has 1 aromatic rings. The van der Waals surface area contributed by atoms with Crippen molar-refractivity contribution in [2.24, 2.45) is 0 Å². The molecule has 0 atom stereocenters. The van der Waals surface area contributed by atoms with E-state index in [1.165, 1.54) is 4.90 Å². The standard InChI is InChI=1S/C10H12N2O4.2Na/c13-9(14)6-12(7-10(15)16)5-8-1-3-11-4-2-8;;/h1-4H,5-7H2,(H,13,14)(H,15,16);;/q;2*+1/p-2. The van der Waals surface area contributed by atoms with Crippen LogP contribution in [0.2, 0.25) is 0 Å². The zero-order chi connectivity index (χ0) is 12.0. The number of pyridine rings is 1. The third-order valence-electron chi connectivity index (χ3n) is 1.86. The largest absolute Gasteiger partial charge is 1.00 e. The minimum Gasteiger partial charge on any atom is -0.549 e. The van der Waals surface area contributed by atoms with Crippen LogP contribution in [0.15, 0.2) is 24.5 Å². The molecule has 0 unspecified atom stereocenters. The first kappa shape index (κ1) is 20.4. The summed E-state index contributed by atoms with van der Waals surface area (Å²) < 4.78 is 0. The average Bonchev–Trinajstić information content (AvgIpc) is 2.16. The second-order valence-corrected chi connectivity index (χ2v) is 3.24. The van der Waals surface area contributed by atoms with Crippen LogP contribution in [0.3, 0.4) is 0 Å². The van der Waals surface area contributed by atoms with Crippen molar-refractivity contribution in [2.75, 3.05) is 13.1 Å². The van der Waals surface area contributed by atoms with E-state index in [1.807, 2.05) is 0 Å². The van der Waals surface area contributed by atoms with Crippen molar-refractivity contribution in [3.05, 3.63) is 30.1 Å². The zero-order valence-electron chi connectivity index (χ0n) is 10.5. The van der Waals surface area contributed by atoms with E-state index >= 15 is 0 Å². The van der Waals surface area contributed by atoms with Gasteiger partial charge in [-0.1, -0.05) is 0 Å². The predicted octanol–water partition coefficient (Wildman–Crippen LogP) is -8.61. The molecule has 0 aliphatic carbocycles. The summed E-state index contributed by atoms with van der Waals surface area (Å²) in [6.45, 7) is -0.697. The molecule has 0 bridgehead atoms. The van der Waals surface area contributed by atoms with Crippen LogP contribution < -0.4 is 69.3 Å². The molecule has 0 aromatic carbocycles. The molecular formula is C10H10N2Na2O4. The van der Waals surface area contributed by atoms with Crippen LogP contribution in [-0.4, -0.2) is 34.9 Å². The first-order chi connectivity index (χ1) is 7.58. The maximum atomic E-state index is 10.4. The molecular weight excluding hydrogens is 258 g/mol. The van der Waals surface area contributed by atoms with Gasteiger partial charge in [-0.15, -0.1) is 0 Å². The number of hydrogen-bond acceptors (Lipinski definition) is 6. The second kappa shape index (κ2) is 10.9. The maximum absolute atomic E-state index is 10.4. The summed E-state index contributed by atoms with van der Waals surface area (Å²) in [7, 11) is 0. The Balaban J connectivity index is 0.